The first kappa shape index (κ1) is 13.8. The van der Waals surface area contributed by atoms with Crippen molar-refractivity contribution >= 4 is 39.9 Å². The van der Waals surface area contributed by atoms with E-state index in [1.807, 2.05) is 25.4 Å². The van der Waals surface area contributed by atoms with Crippen LogP contribution in [0.1, 0.15) is 12.8 Å². The molecule has 114 valence electrons. The van der Waals surface area contributed by atoms with Crippen molar-refractivity contribution in [3.8, 4) is 0 Å². The maximum absolute atomic E-state index is 12.9. The summed E-state index contributed by atoms with van der Waals surface area (Å²) in [5.74, 6) is 0.935. The molecule has 3 aromatic heterocycles. The zero-order chi connectivity index (χ0) is 15.1. The van der Waals surface area contributed by atoms with Gasteiger partial charge in [0.2, 0.25) is 0 Å². The van der Waals surface area contributed by atoms with Crippen molar-refractivity contribution in [1.29, 1.82) is 0 Å². The Balaban J connectivity index is 1.80. The molecule has 0 amide bonds. The van der Waals surface area contributed by atoms with E-state index < -0.39 is 0 Å². The third-order valence-electron chi connectivity index (χ3n) is 4.46. The van der Waals surface area contributed by atoms with Crippen LogP contribution in [-0.4, -0.2) is 32.9 Å². The van der Waals surface area contributed by atoms with Crippen LogP contribution in [-0.2, 0) is 7.05 Å². The number of hydrogen-bond acceptors (Lipinski definition) is 4. The predicted octanol–water partition coefficient (Wildman–Crippen LogP) is 3.71. The van der Waals surface area contributed by atoms with Gasteiger partial charge in [0.15, 0.2) is 0 Å². The van der Waals surface area contributed by atoms with Gasteiger partial charge in [-0.2, -0.15) is 3.89 Å². The minimum Gasteiger partial charge on any atom is -0.355 e. The number of rotatable bonds is 2. The summed E-state index contributed by atoms with van der Waals surface area (Å²) in [4.78, 5) is 11.2. The molecular formula is C16H17FN4S. The SMILES string of the molecule is Cn1c2ccncc2c2ccc(N3CCCC(SF)C3)nc21. The van der Waals surface area contributed by atoms with Gasteiger partial charge in [-0.15, -0.1) is 0 Å². The number of piperidine rings is 1. The molecule has 1 atom stereocenters. The molecule has 0 saturated carbocycles. The van der Waals surface area contributed by atoms with Gasteiger partial charge in [-0.05, 0) is 31.0 Å². The van der Waals surface area contributed by atoms with Gasteiger partial charge in [0.1, 0.15) is 11.5 Å². The molecule has 1 fully saturated rings. The highest BCUT2D eigenvalue weighted by Gasteiger charge is 2.22. The Kier molecular flexibility index (Phi) is 3.41. The zero-order valence-corrected chi connectivity index (χ0v) is 13.2. The van der Waals surface area contributed by atoms with Gasteiger partial charge in [0, 0.05) is 55.5 Å². The monoisotopic (exact) mass is 316 g/mol. The number of halogens is 1. The van der Waals surface area contributed by atoms with E-state index in [1.54, 1.807) is 6.20 Å². The van der Waals surface area contributed by atoms with Crippen LogP contribution in [0.4, 0.5) is 9.70 Å². The molecule has 1 aliphatic rings. The summed E-state index contributed by atoms with van der Waals surface area (Å²) in [5, 5.41) is 2.29. The molecule has 1 saturated heterocycles. The number of anilines is 1. The molecule has 0 N–H and O–H groups in total. The maximum Gasteiger partial charge on any atom is 0.143 e. The Morgan fingerprint density at radius 3 is 3.05 bits per heavy atom. The summed E-state index contributed by atoms with van der Waals surface area (Å²) in [6.45, 7) is 1.67. The van der Waals surface area contributed by atoms with E-state index >= 15 is 0 Å². The van der Waals surface area contributed by atoms with Crippen molar-refractivity contribution in [3.05, 3.63) is 30.6 Å². The first-order valence-corrected chi connectivity index (χ1v) is 8.27. The Hall–Kier alpha value is -1.82. The Morgan fingerprint density at radius 2 is 2.18 bits per heavy atom. The fourth-order valence-electron chi connectivity index (χ4n) is 3.30. The molecule has 3 aromatic rings. The van der Waals surface area contributed by atoms with Gasteiger partial charge < -0.3 is 9.47 Å². The highest BCUT2D eigenvalue weighted by molar-refractivity contribution is 7.94. The lowest BCUT2D eigenvalue weighted by atomic mass is 10.1. The molecular weight excluding hydrogens is 299 g/mol. The van der Waals surface area contributed by atoms with Crippen molar-refractivity contribution in [3.63, 3.8) is 0 Å². The van der Waals surface area contributed by atoms with Gasteiger partial charge in [-0.1, -0.05) is 0 Å². The minimum absolute atomic E-state index is 0.0583. The summed E-state index contributed by atoms with van der Waals surface area (Å²) >= 11 is 0.472. The van der Waals surface area contributed by atoms with Gasteiger partial charge in [-0.25, -0.2) is 4.98 Å². The van der Waals surface area contributed by atoms with Crippen molar-refractivity contribution < 1.29 is 3.89 Å². The quantitative estimate of drug-likeness (QED) is 0.722. The largest absolute Gasteiger partial charge is 0.355 e. The molecule has 0 radical (unpaired) electrons. The number of aromatic nitrogens is 3. The Morgan fingerprint density at radius 1 is 1.27 bits per heavy atom. The standard InChI is InChI=1S/C16H17FN4S/c1-20-14-6-7-18-9-13(14)12-4-5-15(19-16(12)20)21-8-2-3-11(10-21)22-17/h4-7,9,11H,2-3,8,10H2,1H3. The second kappa shape index (κ2) is 5.43. The first-order valence-electron chi connectivity index (χ1n) is 7.49. The van der Waals surface area contributed by atoms with Crippen molar-refractivity contribution in [2.24, 2.45) is 7.05 Å². The molecule has 0 aliphatic carbocycles. The molecule has 4 heterocycles. The van der Waals surface area contributed by atoms with Crippen LogP contribution in [0.5, 0.6) is 0 Å². The fraction of sp³-hybridized carbons (Fsp3) is 0.375. The predicted molar refractivity (Wildman–Crippen MR) is 89.9 cm³/mol. The highest BCUT2D eigenvalue weighted by Crippen LogP contribution is 2.30. The van der Waals surface area contributed by atoms with Crippen LogP contribution < -0.4 is 4.90 Å². The van der Waals surface area contributed by atoms with Crippen molar-refractivity contribution in [2.75, 3.05) is 18.0 Å². The lowest BCUT2D eigenvalue weighted by Gasteiger charge is -2.31. The van der Waals surface area contributed by atoms with Crippen LogP contribution in [0, 0.1) is 0 Å². The molecule has 0 bridgehead atoms. The van der Waals surface area contributed by atoms with E-state index in [1.165, 1.54) is 0 Å². The maximum atomic E-state index is 12.9. The molecule has 4 nitrogen and oxygen atoms in total. The first-order chi connectivity index (χ1) is 10.8. The van der Waals surface area contributed by atoms with E-state index in [2.05, 4.69) is 20.5 Å². The molecule has 1 unspecified atom stereocenters. The topological polar surface area (TPSA) is 34.0 Å². The number of pyridine rings is 2. The summed E-state index contributed by atoms with van der Waals surface area (Å²) in [5.41, 5.74) is 2.08. The lowest BCUT2D eigenvalue weighted by molar-refractivity contribution is 0.579. The van der Waals surface area contributed by atoms with Gasteiger partial charge in [0.05, 0.1) is 10.8 Å². The molecule has 1 aliphatic heterocycles. The number of hydrogen-bond donors (Lipinski definition) is 0. The molecule has 6 heteroatoms. The summed E-state index contributed by atoms with van der Waals surface area (Å²) in [6.07, 6.45) is 5.64. The normalized spacial score (nSPS) is 19.2. The van der Waals surface area contributed by atoms with E-state index in [-0.39, 0.29) is 5.25 Å². The van der Waals surface area contributed by atoms with Gasteiger partial charge >= 0.3 is 0 Å². The summed E-state index contributed by atoms with van der Waals surface area (Å²) in [7, 11) is 2.03. The second-order valence-electron chi connectivity index (χ2n) is 5.79. The van der Waals surface area contributed by atoms with Crippen molar-refractivity contribution in [1.82, 2.24) is 14.5 Å². The molecule has 0 aromatic carbocycles. The Bertz CT molecular complexity index is 831. The third kappa shape index (κ3) is 2.13. The third-order valence-corrected chi connectivity index (χ3v) is 5.09. The van der Waals surface area contributed by atoms with Crippen LogP contribution >= 0.6 is 12.1 Å². The molecule has 4 rings (SSSR count). The van der Waals surface area contributed by atoms with Gasteiger partial charge in [0.25, 0.3) is 0 Å². The van der Waals surface area contributed by atoms with Crippen LogP contribution in [0.25, 0.3) is 21.9 Å². The summed E-state index contributed by atoms with van der Waals surface area (Å²) < 4.78 is 15.0. The fourth-order valence-corrected chi connectivity index (χ4v) is 3.79. The lowest BCUT2D eigenvalue weighted by Crippen LogP contribution is -2.37. The van der Waals surface area contributed by atoms with E-state index in [4.69, 9.17) is 4.98 Å². The average Bonchev–Trinajstić information content (AvgIpc) is 2.88. The smallest absolute Gasteiger partial charge is 0.143 e. The summed E-state index contributed by atoms with van der Waals surface area (Å²) in [6, 6.07) is 6.15. The van der Waals surface area contributed by atoms with Gasteiger partial charge in [-0.3, -0.25) is 4.98 Å². The number of nitrogens with zero attached hydrogens (tertiary/aromatic N) is 4. The zero-order valence-electron chi connectivity index (χ0n) is 12.4. The van der Waals surface area contributed by atoms with Crippen LogP contribution in [0.3, 0.4) is 0 Å². The molecule has 0 spiro atoms. The van der Waals surface area contributed by atoms with E-state index in [0.29, 0.717) is 12.1 Å². The number of fused-ring (bicyclic) bond motifs is 3. The average molecular weight is 316 g/mol. The second-order valence-corrected chi connectivity index (χ2v) is 6.64. The van der Waals surface area contributed by atoms with Crippen LogP contribution in [0.15, 0.2) is 30.6 Å². The number of aryl methyl sites for hydroxylation is 1. The Labute approximate surface area is 132 Å². The highest BCUT2D eigenvalue weighted by atomic mass is 32.2. The van der Waals surface area contributed by atoms with Crippen molar-refractivity contribution in [2.45, 2.75) is 18.1 Å². The van der Waals surface area contributed by atoms with E-state index in [0.717, 1.165) is 53.7 Å². The van der Waals surface area contributed by atoms with E-state index in [9.17, 15) is 3.89 Å². The minimum atomic E-state index is 0.0583. The van der Waals surface area contributed by atoms with Crippen LogP contribution in [0.2, 0.25) is 0 Å². The molecule has 22 heavy (non-hydrogen) atoms.